The molecule has 2 atom stereocenters. The molecule has 1 aromatic carbocycles. The molecule has 0 bridgehead atoms. The first kappa shape index (κ1) is 27.9. The average Bonchev–Trinajstić information content (AvgIpc) is 2.63. The van der Waals surface area contributed by atoms with Gasteiger partial charge in [0.05, 0.1) is 6.42 Å². The number of nitrogens with one attached hydrogen (secondary N) is 2. The Kier molecular flexibility index (Phi) is 9.88. The summed E-state index contributed by atoms with van der Waals surface area (Å²) in [6, 6.07) is 4.42. The summed E-state index contributed by atoms with van der Waals surface area (Å²) in [6.45, 7) is 14.1. The summed E-state index contributed by atoms with van der Waals surface area (Å²) >= 11 is 0. The zero-order valence-corrected chi connectivity index (χ0v) is 20.9. The Balaban J connectivity index is 3.47. The normalized spacial score (nSPS) is 13.3. The minimum Gasteiger partial charge on any atom is -0.444 e. The number of carbonyl (C=O) groups excluding carboxylic acids is 4. The largest absolute Gasteiger partial charge is 0.444 e. The summed E-state index contributed by atoms with van der Waals surface area (Å²) in [5.74, 6) is -1.74. The maximum absolute atomic E-state index is 13.7. The van der Waals surface area contributed by atoms with E-state index < -0.39 is 48.1 Å². The number of amides is 4. The van der Waals surface area contributed by atoms with Crippen molar-refractivity contribution in [3.63, 3.8) is 0 Å². The number of hydrogen-bond acceptors (Lipinski definition) is 5. The fraction of sp³-hybridized carbons (Fsp3) is 0.583. The van der Waals surface area contributed by atoms with E-state index in [0.717, 1.165) is 5.56 Å². The molecule has 33 heavy (non-hydrogen) atoms. The molecule has 4 amide bonds. The van der Waals surface area contributed by atoms with E-state index in [1.54, 1.807) is 46.8 Å². The highest BCUT2D eigenvalue weighted by Gasteiger charge is 2.39. The molecule has 1 rings (SSSR count). The molecule has 0 aliphatic carbocycles. The lowest BCUT2D eigenvalue weighted by Crippen LogP contribution is -2.56. The van der Waals surface area contributed by atoms with Crippen LogP contribution in [0.3, 0.4) is 0 Å². The van der Waals surface area contributed by atoms with Crippen LogP contribution < -0.4 is 16.4 Å². The fourth-order valence-electron chi connectivity index (χ4n) is 3.39. The quantitative estimate of drug-likeness (QED) is 0.519. The van der Waals surface area contributed by atoms with E-state index >= 15 is 0 Å². The van der Waals surface area contributed by atoms with Crippen molar-refractivity contribution < 1.29 is 23.9 Å². The predicted octanol–water partition coefficient (Wildman–Crippen LogP) is 2.57. The van der Waals surface area contributed by atoms with Crippen LogP contribution in [0.1, 0.15) is 72.1 Å². The molecule has 0 heterocycles. The van der Waals surface area contributed by atoms with Crippen molar-refractivity contribution in [3.8, 4) is 0 Å². The zero-order valence-electron chi connectivity index (χ0n) is 20.9. The average molecular weight is 463 g/mol. The Morgan fingerprint density at radius 1 is 1.03 bits per heavy atom. The number of ether oxygens (including phenoxy) is 1. The topological polar surface area (TPSA) is 131 Å². The summed E-state index contributed by atoms with van der Waals surface area (Å²) in [5, 5.41) is 5.33. The van der Waals surface area contributed by atoms with Crippen molar-refractivity contribution >= 4 is 23.8 Å². The van der Waals surface area contributed by atoms with Gasteiger partial charge in [0.15, 0.2) is 0 Å². The summed E-state index contributed by atoms with van der Waals surface area (Å²) in [7, 11) is 0. The van der Waals surface area contributed by atoms with Gasteiger partial charge in [0.25, 0.3) is 0 Å². The smallest absolute Gasteiger partial charge is 0.408 e. The Hall–Kier alpha value is -3.10. The van der Waals surface area contributed by atoms with Crippen LogP contribution in [0.5, 0.6) is 0 Å². The number of benzene rings is 1. The van der Waals surface area contributed by atoms with Crippen LogP contribution in [0.4, 0.5) is 4.79 Å². The maximum Gasteiger partial charge on any atom is 0.408 e. The van der Waals surface area contributed by atoms with E-state index in [-0.39, 0.29) is 11.9 Å². The van der Waals surface area contributed by atoms with Gasteiger partial charge in [-0.15, -0.1) is 0 Å². The fourth-order valence-corrected chi connectivity index (χ4v) is 3.39. The molecule has 9 nitrogen and oxygen atoms in total. The van der Waals surface area contributed by atoms with Crippen LogP contribution in [-0.2, 0) is 19.1 Å². The monoisotopic (exact) mass is 462 g/mol. The number of rotatable bonds is 9. The number of primary amides is 1. The molecule has 0 fully saturated rings. The first-order chi connectivity index (χ1) is 15.1. The van der Waals surface area contributed by atoms with Gasteiger partial charge in [-0.25, -0.2) is 4.79 Å². The molecule has 1 aromatic rings. The number of carbonyl (C=O) groups is 4. The molecule has 184 valence electrons. The third-order valence-corrected chi connectivity index (χ3v) is 4.65. The van der Waals surface area contributed by atoms with Gasteiger partial charge in [-0.3, -0.25) is 14.4 Å². The molecular weight excluding hydrogens is 424 g/mol. The van der Waals surface area contributed by atoms with Crippen molar-refractivity contribution in [2.75, 3.05) is 0 Å². The Bertz CT molecular complexity index is 861. The molecule has 0 radical (unpaired) electrons. The molecular formula is C24H38N4O5. The molecule has 0 aliphatic rings. The minimum absolute atomic E-state index is 0.158. The number of nitrogens with zero attached hydrogens (tertiary/aromatic N) is 1. The summed E-state index contributed by atoms with van der Waals surface area (Å²) in [5.41, 5.74) is 6.04. The highest BCUT2D eigenvalue weighted by molar-refractivity contribution is 5.94. The third-order valence-electron chi connectivity index (χ3n) is 4.65. The molecule has 4 N–H and O–H groups in total. The lowest BCUT2D eigenvalue weighted by Gasteiger charge is -2.37. The highest BCUT2D eigenvalue weighted by atomic mass is 16.6. The van der Waals surface area contributed by atoms with Gasteiger partial charge in [-0.1, -0.05) is 24.3 Å². The van der Waals surface area contributed by atoms with Gasteiger partial charge in [0.1, 0.15) is 17.7 Å². The van der Waals surface area contributed by atoms with Crippen LogP contribution in [0.2, 0.25) is 0 Å². The van der Waals surface area contributed by atoms with Crippen LogP contribution in [0.25, 0.3) is 0 Å². The second-order valence-corrected chi connectivity index (χ2v) is 9.63. The van der Waals surface area contributed by atoms with Gasteiger partial charge in [0, 0.05) is 12.1 Å². The highest BCUT2D eigenvalue weighted by Crippen LogP contribution is 2.28. The van der Waals surface area contributed by atoms with E-state index in [2.05, 4.69) is 10.6 Å². The second kappa shape index (κ2) is 11.7. The van der Waals surface area contributed by atoms with E-state index in [0.29, 0.717) is 5.56 Å². The van der Waals surface area contributed by atoms with E-state index in [1.165, 1.54) is 4.90 Å². The third kappa shape index (κ3) is 8.75. The van der Waals surface area contributed by atoms with Crippen molar-refractivity contribution in [2.24, 2.45) is 5.73 Å². The van der Waals surface area contributed by atoms with Crippen molar-refractivity contribution in [1.29, 1.82) is 0 Å². The van der Waals surface area contributed by atoms with Crippen LogP contribution in [0, 0.1) is 6.92 Å². The molecule has 9 heteroatoms. The first-order valence-electron chi connectivity index (χ1n) is 11.1. The molecule has 0 aliphatic heterocycles. The molecule has 2 unspecified atom stereocenters. The first-order valence-corrected chi connectivity index (χ1v) is 11.1. The molecule has 0 aromatic heterocycles. The van der Waals surface area contributed by atoms with Gasteiger partial charge in [0.2, 0.25) is 17.7 Å². The summed E-state index contributed by atoms with van der Waals surface area (Å²) < 4.78 is 5.25. The van der Waals surface area contributed by atoms with Gasteiger partial charge in [-0.05, 0) is 66.5 Å². The molecule has 0 spiro atoms. The SMILES string of the molecule is Cc1ccccc1C(C(=O)NC(C)C)N(C(=O)C(CC(N)=O)NC(=O)OC(C)(C)C)C(C)C. The lowest BCUT2D eigenvalue weighted by atomic mass is 9.96. The van der Waals surface area contributed by atoms with Crippen molar-refractivity contribution in [2.45, 2.75) is 91.6 Å². The van der Waals surface area contributed by atoms with Gasteiger partial charge in [-0.2, -0.15) is 0 Å². The zero-order chi connectivity index (χ0) is 25.5. The standard InChI is InChI=1S/C24H38N4O5/c1-14(2)26-21(30)20(17-12-10-9-11-16(17)5)28(15(3)4)22(31)18(13-19(25)29)27-23(32)33-24(6,7)8/h9-12,14-15,18,20H,13H2,1-8H3,(H2,25,29)(H,26,30)(H,27,32). The van der Waals surface area contributed by atoms with E-state index in [4.69, 9.17) is 10.5 Å². The Morgan fingerprint density at radius 3 is 2.06 bits per heavy atom. The summed E-state index contributed by atoms with van der Waals surface area (Å²) in [6.07, 6.45) is -1.29. The second-order valence-electron chi connectivity index (χ2n) is 9.63. The van der Waals surface area contributed by atoms with Gasteiger partial charge < -0.3 is 26.0 Å². The predicted molar refractivity (Wildman–Crippen MR) is 126 cm³/mol. The summed E-state index contributed by atoms with van der Waals surface area (Å²) in [4.78, 5) is 52.5. The number of alkyl carbamates (subject to hydrolysis) is 1. The van der Waals surface area contributed by atoms with Gasteiger partial charge >= 0.3 is 6.09 Å². The number of aryl methyl sites for hydroxylation is 1. The molecule has 0 saturated carbocycles. The molecule has 0 saturated heterocycles. The lowest BCUT2D eigenvalue weighted by molar-refractivity contribution is -0.145. The van der Waals surface area contributed by atoms with Crippen molar-refractivity contribution in [3.05, 3.63) is 35.4 Å². The van der Waals surface area contributed by atoms with Crippen LogP contribution in [-0.4, -0.2) is 52.4 Å². The Morgan fingerprint density at radius 2 is 1.61 bits per heavy atom. The Labute approximate surface area is 196 Å². The van der Waals surface area contributed by atoms with E-state index in [1.807, 2.05) is 32.9 Å². The van der Waals surface area contributed by atoms with E-state index in [9.17, 15) is 19.2 Å². The van der Waals surface area contributed by atoms with Crippen molar-refractivity contribution in [1.82, 2.24) is 15.5 Å². The number of nitrogens with two attached hydrogens (primary N) is 1. The maximum atomic E-state index is 13.7. The number of hydrogen-bond donors (Lipinski definition) is 3. The van der Waals surface area contributed by atoms with Crippen LogP contribution >= 0.6 is 0 Å². The minimum atomic E-state index is -1.29. The van der Waals surface area contributed by atoms with Crippen LogP contribution in [0.15, 0.2) is 24.3 Å².